The quantitative estimate of drug-likeness (QED) is 0.684. The van der Waals surface area contributed by atoms with Crippen molar-refractivity contribution in [2.24, 2.45) is 5.92 Å². The molecule has 24 heavy (non-hydrogen) atoms. The highest BCUT2D eigenvalue weighted by molar-refractivity contribution is 7.98. The second-order valence-electron chi connectivity index (χ2n) is 6.45. The van der Waals surface area contributed by atoms with Gasteiger partial charge in [-0.05, 0) is 24.8 Å². The molecule has 1 atom stereocenters. The van der Waals surface area contributed by atoms with Gasteiger partial charge in [0, 0.05) is 18.4 Å². The Morgan fingerprint density at radius 2 is 2.00 bits per heavy atom. The molecular weight excluding hydrogens is 320 g/mol. The van der Waals surface area contributed by atoms with Gasteiger partial charge in [0.2, 0.25) is 5.16 Å². The first-order chi connectivity index (χ1) is 11.6. The number of rotatable bonds is 3. The Balaban J connectivity index is 1.59. The molecule has 0 amide bonds. The maximum absolute atomic E-state index is 12.2. The molecule has 1 aliphatic carbocycles. The molecule has 6 heteroatoms. The second-order valence-corrected chi connectivity index (χ2v) is 7.39. The number of ketones is 1. The van der Waals surface area contributed by atoms with E-state index in [0.717, 1.165) is 17.9 Å². The number of carbonyl (C=O) groups excluding carboxylic acids is 1. The Morgan fingerprint density at radius 3 is 2.79 bits per heavy atom. The van der Waals surface area contributed by atoms with Crippen LogP contribution in [-0.4, -0.2) is 25.4 Å². The van der Waals surface area contributed by atoms with Crippen LogP contribution in [0.1, 0.15) is 40.5 Å². The largest absolute Gasteiger partial charge is 0.294 e. The molecule has 2 heterocycles. The molecule has 0 unspecified atom stereocenters. The van der Waals surface area contributed by atoms with Crippen molar-refractivity contribution in [3.63, 3.8) is 0 Å². The van der Waals surface area contributed by atoms with Crippen LogP contribution in [0.4, 0.5) is 0 Å². The van der Waals surface area contributed by atoms with Gasteiger partial charge < -0.3 is 0 Å². The highest BCUT2D eigenvalue weighted by Crippen LogP contribution is 2.25. The van der Waals surface area contributed by atoms with E-state index < -0.39 is 0 Å². The lowest BCUT2D eigenvalue weighted by Crippen LogP contribution is -2.20. The Kier molecular flexibility index (Phi) is 3.84. The van der Waals surface area contributed by atoms with Crippen molar-refractivity contribution in [2.75, 3.05) is 0 Å². The van der Waals surface area contributed by atoms with E-state index in [0.29, 0.717) is 28.8 Å². The Morgan fingerprint density at radius 1 is 1.21 bits per heavy atom. The first-order valence-electron chi connectivity index (χ1n) is 8.06. The van der Waals surface area contributed by atoms with E-state index in [1.807, 2.05) is 0 Å². The number of Topliss-reactive ketones (excluding diaryl/α,β-unsaturated/α-hetero) is 1. The van der Waals surface area contributed by atoms with Crippen molar-refractivity contribution >= 4 is 23.3 Å². The number of thioether (sulfide) groups is 1. The lowest BCUT2D eigenvalue weighted by Gasteiger charge is -2.18. The fourth-order valence-corrected chi connectivity index (χ4v) is 3.73. The molecule has 5 nitrogen and oxygen atoms in total. The van der Waals surface area contributed by atoms with Gasteiger partial charge in [-0.1, -0.05) is 48.5 Å². The van der Waals surface area contributed by atoms with Crippen molar-refractivity contribution in [3.8, 4) is 0 Å². The van der Waals surface area contributed by atoms with Crippen molar-refractivity contribution in [1.82, 2.24) is 19.6 Å². The number of hydrogen-bond donors (Lipinski definition) is 0. The van der Waals surface area contributed by atoms with Gasteiger partial charge in [-0.2, -0.15) is 4.98 Å². The molecule has 0 saturated carbocycles. The van der Waals surface area contributed by atoms with E-state index in [9.17, 15) is 4.79 Å². The van der Waals surface area contributed by atoms with E-state index in [1.165, 1.54) is 11.1 Å². The maximum atomic E-state index is 12.2. The number of nitrogens with zero attached hydrogens (tertiary/aromatic N) is 4. The zero-order chi connectivity index (χ0) is 16.7. The third kappa shape index (κ3) is 2.94. The summed E-state index contributed by atoms with van der Waals surface area (Å²) in [5.41, 5.74) is 4.04. The molecule has 1 aromatic carbocycles. The predicted octanol–water partition coefficient (Wildman–Crippen LogP) is 3.49. The standard InChI is InChI=1S/C18H18N4OS/c1-11-3-5-13(6-4-11)10-24-18-20-17-19-15-7-12(2)8-16(23)14(15)9-22(17)21-18/h3-6,9,12H,7-8,10H2,1-2H3/t12-/m1/s1. The van der Waals surface area contributed by atoms with Gasteiger partial charge in [-0.3, -0.25) is 4.79 Å². The summed E-state index contributed by atoms with van der Waals surface area (Å²) >= 11 is 1.58. The molecule has 0 aliphatic heterocycles. The normalized spacial score (nSPS) is 17.2. The number of benzene rings is 1. The molecule has 0 saturated heterocycles. The van der Waals surface area contributed by atoms with Gasteiger partial charge >= 0.3 is 0 Å². The Labute approximate surface area is 144 Å². The van der Waals surface area contributed by atoms with Crippen LogP contribution in [0.5, 0.6) is 0 Å². The Hall–Kier alpha value is -2.21. The average Bonchev–Trinajstić information content (AvgIpc) is 2.94. The second kappa shape index (κ2) is 6.02. The van der Waals surface area contributed by atoms with Crippen LogP contribution in [-0.2, 0) is 12.2 Å². The van der Waals surface area contributed by atoms with Crippen LogP contribution >= 0.6 is 11.8 Å². The summed E-state index contributed by atoms with van der Waals surface area (Å²) in [6, 6.07) is 8.45. The maximum Gasteiger partial charge on any atom is 0.253 e. The fraction of sp³-hybridized carbons (Fsp3) is 0.333. The van der Waals surface area contributed by atoms with E-state index in [-0.39, 0.29) is 5.78 Å². The number of hydrogen-bond acceptors (Lipinski definition) is 5. The molecule has 3 aromatic rings. The van der Waals surface area contributed by atoms with E-state index in [2.05, 4.69) is 53.2 Å². The molecule has 0 spiro atoms. The molecule has 0 radical (unpaired) electrons. The smallest absolute Gasteiger partial charge is 0.253 e. The monoisotopic (exact) mass is 338 g/mol. The van der Waals surface area contributed by atoms with Gasteiger partial charge in [0.15, 0.2) is 5.78 Å². The van der Waals surface area contributed by atoms with Crippen molar-refractivity contribution in [1.29, 1.82) is 0 Å². The molecule has 0 bridgehead atoms. The highest BCUT2D eigenvalue weighted by atomic mass is 32.2. The summed E-state index contributed by atoms with van der Waals surface area (Å²) in [7, 11) is 0. The van der Waals surface area contributed by atoms with Crippen LogP contribution in [0, 0.1) is 12.8 Å². The number of aromatic nitrogens is 4. The first-order valence-corrected chi connectivity index (χ1v) is 9.05. The minimum atomic E-state index is 0.155. The van der Waals surface area contributed by atoms with Crippen molar-refractivity contribution < 1.29 is 4.79 Å². The average molecular weight is 338 g/mol. The minimum Gasteiger partial charge on any atom is -0.294 e. The van der Waals surface area contributed by atoms with Gasteiger partial charge in [-0.25, -0.2) is 9.50 Å². The number of fused-ring (bicyclic) bond motifs is 2. The summed E-state index contributed by atoms with van der Waals surface area (Å²) in [6.07, 6.45) is 3.20. The molecule has 1 aliphatic rings. The SMILES string of the molecule is Cc1ccc(CSc2nc3nc4c(cn3n2)C(=O)C[C@H](C)C4)cc1. The molecular formula is C18H18N4OS. The van der Waals surface area contributed by atoms with Crippen molar-refractivity contribution in [3.05, 3.63) is 52.8 Å². The number of aryl methyl sites for hydroxylation is 1. The topological polar surface area (TPSA) is 60.1 Å². The summed E-state index contributed by atoms with van der Waals surface area (Å²) in [6.45, 7) is 4.16. The fourth-order valence-electron chi connectivity index (χ4n) is 2.95. The van der Waals surface area contributed by atoms with Gasteiger partial charge in [0.25, 0.3) is 5.78 Å². The molecule has 0 N–H and O–H groups in total. The van der Waals surface area contributed by atoms with Crippen LogP contribution in [0.2, 0.25) is 0 Å². The van der Waals surface area contributed by atoms with Gasteiger partial charge in [-0.15, -0.1) is 5.10 Å². The molecule has 0 fully saturated rings. The lowest BCUT2D eigenvalue weighted by molar-refractivity contribution is 0.0951. The molecule has 2 aromatic heterocycles. The third-order valence-electron chi connectivity index (χ3n) is 4.26. The van der Waals surface area contributed by atoms with Crippen LogP contribution in [0.3, 0.4) is 0 Å². The Bertz CT molecular complexity index is 917. The zero-order valence-corrected chi connectivity index (χ0v) is 14.5. The van der Waals surface area contributed by atoms with Crippen LogP contribution < -0.4 is 0 Å². The van der Waals surface area contributed by atoms with E-state index >= 15 is 0 Å². The first kappa shape index (κ1) is 15.3. The third-order valence-corrected chi connectivity index (χ3v) is 5.16. The molecule has 122 valence electrons. The summed E-state index contributed by atoms with van der Waals surface area (Å²) in [5, 5.41) is 5.15. The molecule has 4 rings (SSSR count). The van der Waals surface area contributed by atoms with Crippen LogP contribution in [0.15, 0.2) is 35.6 Å². The summed E-state index contributed by atoms with van der Waals surface area (Å²) in [4.78, 5) is 21.2. The summed E-state index contributed by atoms with van der Waals surface area (Å²) in [5.74, 6) is 1.88. The van der Waals surface area contributed by atoms with E-state index in [1.54, 1.807) is 22.5 Å². The zero-order valence-electron chi connectivity index (χ0n) is 13.7. The van der Waals surface area contributed by atoms with Gasteiger partial charge in [0.1, 0.15) is 0 Å². The highest BCUT2D eigenvalue weighted by Gasteiger charge is 2.25. The van der Waals surface area contributed by atoms with Crippen LogP contribution in [0.25, 0.3) is 5.78 Å². The predicted molar refractivity (Wildman–Crippen MR) is 93.3 cm³/mol. The minimum absolute atomic E-state index is 0.155. The van der Waals surface area contributed by atoms with E-state index in [4.69, 9.17) is 0 Å². The van der Waals surface area contributed by atoms with Crippen molar-refractivity contribution in [2.45, 2.75) is 37.6 Å². The number of carbonyl (C=O) groups is 1. The van der Waals surface area contributed by atoms with Gasteiger partial charge in [0.05, 0.1) is 11.3 Å². The lowest BCUT2D eigenvalue weighted by atomic mass is 9.88. The summed E-state index contributed by atoms with van der Waals surface area (Å²) < 4.78 is 1.63.